The number of amides is 1. The van der Waals surface area contributed by atoms with Gasteiger partial charge >= 0.3 is 0 Å². The first-order chi connectivity index (χ1) is 10.3. The minimum atomic E-state index is -3.26. The molecule has 120 valence electrons. The molecule has 0 unspecified atom stereocenters. The Morgan fingerprint density at radius 1 is 1.36 bits per heavy atom. The van der Waals surface area contributed by atoms with E-state index in [1.54, 1.807) is 12.1 Å². The molecule has 3 N–H and O–H groups in total. The molecule has 0 atom stereocenters. The van der Waals surface area contributed by atoms with Crippen molar-refractivity contribution in [3.05, 3.63) is 29.0 Å². The smallest absolute Gasteiger partial charge is 0.221 e. The summed E-state index contributed by atoms with van der Waals surface area (Å²) in [5.74, 6) is 0.544. The van der Waals surface area contributed by atoms with Gasteiger partial charge in [0.15, 0.2) is 0 Å². The van der Waals surface area contributed by atoms with E-state index in [0.29, 0.717) is 18.0 Å². The van der Waals surface area contributed by atoms with Gasteiger partial charge in [-0.2, -0.15) is 0 Å². The van der Waals surface area contributed by atoms with Gasteiger partial charge in [-0.15, -0.1) is 0 Å². The third-order valence-corrected chi connectivity index (χ3v) is 3.86. The molecule has 0 spiro atoms. The molecule has 9 heteroatoms. The fraction of sp³-hybridized carbons (Fsp3) is 0.385. The summed E-state index contributed by atoms with van der Waals surface area (Å²) in [6, 6.07) is 5.39. The predicted molar refractivity (Wildman–Crippen MR) is 85.3 cm³/mol. The minimum absolute atomic E-state index is 0.0911. The number of imidazole rings is 1. The van der Waals surface area contributed by atoms with Crippen LogP contribution in [0.15, 0.2) is 18.2 Å². The zero-order chi connectivity index (χ0) is 16.2. The van der Waals surface area contributed by atoms with Gasteiger partial charge in [0.05, 0.1) is 17.3 Å². The Balaban J connectivity index is 1.76. The molecule has 7 nitrogen and oxygen atoms in total. The highest BCUT2D eigenvalue weighted by atomic mass is 35.5. The van der Waals surface area contributed by atoms with E-state index in [2.05, 4.69) is 20.0 Å². The van der Waals surface area contributed by atoms with E-state index in [9.17, 15) is 13.2 Å². The molecule has 0 aliphatic carbocycles. The van der Waals surface area contributed by atoms with Crippen LogP contribution < -0.4 is 10.0 Å². The highest BCUT2D eigenvalue weighted by molar-refractivity contribution is 7.88. The van der Waals surface area contributed by atoms with Crippen LogP contribution >= 0.6 is 11.6 Å². The minimum Gasteiger partial charge on any atom is -0.356 e. The van der Waals surface area contributed by atoms with Crippen LogP contribution in [0.2, 0.25) is 5.02 Å². The van der Waals surface area contributed by atoms with E-state index in [-0.39, 0.29) is 18.9 Å². The van der Waals surface area contributed by atoms with E-state index in [1.165, 1.54) is 0 Å². The lowest BCUT2D eigenvalue weighted by atomic mass is 10.3. The van der Waals surface area contributed by atoms with E-state index in [0.717, 1.165) is 23.1 Å². The van der Waals surface area contributed by atoms with Crippen molar-refractivity contribution in [2.45, 2.75) is 12.8 Å². The number of carbonyl (C=O) groups is 1. The number of benzene rings is 1. The maximum absolute atomic E-state index is 11.5. The second-order valence-corrected chi connectivity index (χ2v) is 7.13. The number of sulfonamides is 1. The van der Waals surface area contributed by atoms with Gasteiger partial charge in [-0.1, -0.05) is 11.6 Å². The van der Waals surface area contributed by atoms with Gasteiger partial charge in [-0.3, -0.25) is 4.79 Å². The summed E-state index contributed by atoms with van der Waals surface area (Å²) in [6.45, 7) is 0.513. The van der Waals surface area contributed by atoms with Gasteiger partial charge in [0.2, 0.25) is 15.9 Å². The summed E-state index contributed by atoms with van der Waals surface area (Å²) in [5, 5.41) is 3.35. The third kappa shape index (κ3) is 5.28. The van der Waals surface area contributed by atoms with Crippen LogP contribution in [0.1, 0.15) is 12.2 Å². The quantitative estimate of drug-likeness (QED) is 0.691. The van der Waals surface area contributed by atoms with E-state index in [4.69, 9.17) is 11.6 Å². The molecule has 0 saturated heterocycles. The number of nitrogens with zero attached hydrogens (tertiary/aromatic N) is 1. The SMILES string of the molecule is CS(=O)(=O)NCCC(=O)NCCc1nc2ccc(Cl)cc2[nH]1. The normalized spacial score (nSPS) is 11.7. The zero-order valence-corrected chi connectivity index (χ0v) is 13.6. The molecular weight excluding hydrogens is 328 g/mol. The maximum atomic E-state index is 11.5. The van der Waals surface area contributed by atoms with E-state index < -0.39 is 10.0 Å². The molecule has 0 aliphatic heterocycles. The van der Waals surface area contributed by atoms with Crippen molar-refractivity contribution < 1.29 is 13.2 Å². The molecule has 2 rings (SSSR count). The number of hydrogen-bond acceptors (Lipinski definition) is 4. The number of aromatic nitrogens is 2. The number of fused-ring (bicyclic) bond motifs is 1. The van der Waals surface area contributed by atoms with Crippen molar-refractivity contribution in [3.63, 3.8) is 0 Å². The number of rotatable bonds is 7. The summed E-state index contributed by atoms with van der Waals surface area (Å²) in [6.07, 6.45) is 1.71. The molecule has 1 aromatic heterocycles. The predicted octanol–water partition coefficient (Wildman–Crippen LogP) is 0.814. The lowest BCUT2D eigenvalue weighted by Crippen LogP contribution is -2.31. The Kier molecular flexibility index (Phi) is 5.38. The fourth-order valence-electron chi connectivity index (χ4n) is 1.91. The summed E-state index contributed by atoms with van der Waals surface area (Å²) in [4.78, 5) is 19.1. The van der Waals surface area contributed by atoms with Crippen LogP contribution in [0, 0.1) is 0 Å². The van der Waals surface area contributed by atoms with Crippen molar-refractivity contribution in [2.24, 2.45) is 0 Å². The Morgan fingerprint density at radius 3 is 2.86 bits per heavy atom. The second-order valence-electron chi connectivity index (χ2n) is 4.86. The van der Waals surface area contributed by atoms with Crippen LogP contribution in [-0.2, 0) is 21.2 Å². The van der Waals surface area contributed by atoms with Gasteiger partial charge in [0.1, 0.15) is 5.82 Å². The van der Waals surface area contributed by atoms with E-state index >= 15 is 0 Å². The van der Waals surface area contributed by atoms with Crippen molar-refractivity contribution in [1.82, 2.24) is 20.0 Å². The Bertz CT molecular complexity index is 773. The van der Waals surface area contributed by atoms with Crippen molar-refractivity contribution in [2.75, 3.05) is 19.3 Å². The first-order valence-electron chi connectivity index (χ1n) is 6.69. The molecule has 0 bridgehead atoms. The number of aromatic amines is 1. The molecule has 0 radical (unpaired) electrons. The summed E-state index contributed by atoms with van der Waals surface area (Å²) >= 11 is 5.90. The number of hydrogen-bond donors (Lipinski definition) is 3. The molecule has 2 aromatic rings. The Hall–Kier alpha value is -1.64. The van der Waals surface area contributed by atoms with Crippen LogP contribution in [0.4, 0.5) is 0 Å². The van der Waals surface area contributed by atoms with Crippen LogP contribution in [-0.4, -0.2) is 43.6 Å². The molecule has 1 heterocycles. The van der Waals surface area contributed by atoms with Gasteiger partial charge in [-0.05, 0) is 18.2 Å². The largest absolute Gasteiger partial charge is 0.356 e. The Morgan fingerprint density at radius 2 is 2.14 bits per heavy atom. The van der Waals surface area contributed by atoms with E-state index in [1.807, 2.05) is 6.07 Å². The van der Waals surface area contributed by atoms with Gasteiger partial charge < -0.3 is 10.3 Å². The van der Waals surface area contributed by atoms with Gasteiger partial charge in [-0.25, -0.2) is 18.1 Å². The molecule has 0 aliphatic rings. The van der Waals surface area contributed by atoms with Crippen molar-refractivity contribution in [3.8, 4) is 0 Å². The molecule has 22 heavy (non-hydrogen) atoms. The first-order valence-corrected chi connectivity index (χ1v) is 8.96. The molecular formula is C13H17ClN4O3S. The second kappa shape index (κ2) is 7.08. The molecule has 0 fully saturated rings. The third-order valence-electron chi connectivity index (χ3n) is 2.89. The fourth-order valence-corrected chi connectivity index (χ4v) is 2.56. The van der Waals surface area contributed by atoms with Crippen LogP contribution in [0.3, 0.4) is 0 Å². The van der Waals surface area contributed by atoms with Crippen molar-refractivity contribution >= 4 is 38.6 Å². The molecule has 1 amide bonds. The molecule has 0 saturated carbocycles. The van der Waals surface area contributed by atoms with Crippen molar-refractivity contribution in [1.29, 1.82) is 0 Å². The summed E-state index contributed by atoms with van der Waals surface area (Å²) < 4.78 is 24.0. The van der Waals surface area contributed by atoms with Crippen LogP contribution in [0.25, 0.3) is 11.0 Å². The Labute approximate surface area is 133 Å². The number of H-pyrrole nitrogens is 1. The van der Waals surface area contributed by atoms with Gasteiger partial charge in [0, 0.05) is 31.0 Å². The number of halogens is 1. The average Bonchev–Trinajstić information content (AvgIpc) is 2.79. The highest BCUT2D eigenvalue weighted by Gasteiger charge is 2.06. The highest BCUT2D eigenvalue weighted by Crippen LogP contribution is 2.17. The van der Waals surface area contributed by atoms with Gasteiger partial charge in [0.25, 0.3) is 0 Å². The monoisotopic (exact) mass is 344 g/mol. The average molecular weight is 345 g/mol. The number of nitrogens with one attached hydrogen (secondary N) is 3. The standard InChI is InChI=1S/C13H17ClN4O3S/c1-22(20,21)16-7-5-13(19)15-6-4-12-17-10-3-2-9(14)8-11(10)18-12/h2-3,8,16H,4-7H2,1H3,(H,15,19)(H,17,18). The topological polar surface area (TPSA) is 104 Å². The summed E-state index contributed by atoms with van der Waals surface area (Å²) in [7, 11) is -3.26. The first kappa shape index (κ1) is 16.7. The maximum Gasteiger partial charge on any atom is 0.221 e. The lowest BCUT2D eigenvalue weighted by Gasteiger charge is -2.04. The zero-order valence-electron chi connectivity index (χ0n) is 12.0. The lowest BCUT2D eigenvalue weighted by molar-refractivity contribution is -0.120. The molecule has 1 aromatic carbocycles. The number of carbonyl (C=O) groups excluding carboxylic acids is 1. The van der Waals surface area contributed by atoms with Crippen LogP contribution in [0.5, 0.6) is 0 Å². The summed E-state index contributed by atoms with van der Waals surface area (Å²) in [5.41, 5.74) is 1.68.